The minimum Gasteiger partial charge on any atom is -0.394 e. The SMILES string of the molecule is O=c1[nH]c(=O)n([C@H]2O[C@@H](CO)[C@H](O)[C@@H]2F)cc1Br. The van der Waals surface area contributed by atoms with Crippen LogP contribution in [0.4, 0.5) is 4.39 Å². The molecule has 0 amide bonds. The van der Waals surface area contributed by atoms with Crippen LogP contribution < -0.4 is 11.2 Å². The zero-order valence-electron chi connectivity index (χ0n) is 8.92. The van der Waals surface area contributed by atoms with Crippen LogP contribution in [0.25, 0.3) is 0 Å². The average molecular weight is 325 g/mol. The van der Waals surface area contributed by atoms with Gasteiger partial charge in [0.05, 0.1) is 11.1 Å². The molecular formula is C9H10BrFN2O5. The van der Waals surface area contributed by atoms with Crippen LogP contribution in [-0.2, 0) is 4.74 Å². The van der Waals surface area contributed by atoms with Gasteiger partial charge < -0.3 is 14.9 Å². The lowest BCUT2D eigenvalue weighted by Gasteiger charge is -2.15. The molecule has 0 saturated carbocycles. The van der Waals surface area contributed by atoms with E-state index in [4.69, 9.17) is 9.84 Å². The number of hydrogen-bond donors (Lipinski definition) is 3. The molecule has 1 saturated heterocycles. The third-order valence-corrected chi connectivity index (χ3v) is 3.24. The smallest absolute Gasteiger partial charge is 0.330 e. The normalized spacial score (nSPS) is 31.8. The van der Waals surface area contributed by atoms with Gasteiger partial charge in [0.25, 0.3) is 5.56 Å². The third kappa shape index (κ3) is 2.14. The van der Waals surface area contributed by atoms with Crippen LogP contribution in [0.3, 0.4) is 0 Å². The van der Waals surface area contributed by atoms with Crippen LogP contribution in [0.1, 0.15) is 6.23 Å². The average Bonchev–Trinajstić information content (AvgIpc) is 2.61. The largest absolute Gasteiger partial charge is 0.394 e. The summed E-state index contributed by atoms with van der Waals surface area (Å²) < 4.78 is 19.6. The van der Waals surface area contributed by atoms with E-state index in [0.29, 0.717) is 0 Å². The molecule has 0 bridgehead atoms. The summed E-state index contributed by atoms with van der Waals surface area (Å²) in [6, 6.07) is 0. The van der Waals surface area contributed by atoms with E-state index in [1.807, 2.05) is 4.98 Å². The van der Waals surface area contributed by atoms with Gasteiger partial charge in [-0.1, -0.05) is 0 Å². The molecule has 100 valence electrons. The van der Waals surface area contributed by atoms with Crippen molar-refractivity contribution in [2.75, 3.05) is 6.61 Å². The molecule has 4 atom stereocenters. The highest BCUT2D eigenvalue weighted by Gasteiger charge is 2.45. The Morgan fingerprint density at radius 3 is 2.78 bits per heavy atom. The molecule has 9 heteroatoms. The molecule has 18 heavy (non-hydrogen) atoms. The number of alkyl halides is 1. The number of aliphatic hydroxyl groups is 2. The molecular weight excluding hydrogens is 315 g/mol. The number of aromatic nitrogens is 2. The van der Waals surface area contributed by atoms with Crippen LogP contribution in [-0.4, -0.2) is 44.8 Å². The summed E-state index contributed by atoms with van der Waals surface area (Å²) in [4.78, 5) is 24.6. The fourth-order valence-electron chi connectivity index (χ4n) is 1.73. The second-order valence-electron chi connectivity index (χ2n) is 3.83. The number of aliphatic hydroxyl groups excluding tert-OH is 2. The molecule has 2 heterocycles. The summed E-state index contributed by atoms with van der Waals surface area (Å²) in [7, 11) is 0. The van der Waals surface area contributed by atoms with Crippen LogP contribution >= 0.6 is 15.9 Å². The van der Waals surface area contributed by atoms with Crippen molar-refractivity contribution in [2.24, 2.45) is 0 Å². The van der Waals surface area contributed by atoms with E-state index < -0.39 is 42.5 Å². The third-order valence-electron chi connectivity index (χ3n) is 2.67. The number of nitrogens with zero attached hydrogens (tertiary/aromatic N) is 1. The highest BCUT2D eigenvalue weighted by molar-refractivity contribution is 9.10. The molecule has 0 aromatic carbocycles. The van der Waals surface area contributed by atoms with Crippen LogP contribution in [0, 0.1) is 0 Å². The van der Waals surface area contributed by atoms with E-state index in [-0.39, 0.29) is 4.47 Å². The predicted molar refractivity (Wildman–Crippen MR) is 60.9 cm³/mol. The Labute approximate surface area is 108 Å². The minimum atomic E-state index is -1.88. The van der Waals surface area contributed by atoms with Gasteiger partial charge in [0.1, 0.15) is 12.2 Å². The number of nitrogens with one attached hydrogen (secondary N) is 1. The standard InChI is InChI=1S/C9H10BrFN2O5/c10-3-1-13(9(17)12-7(3)16)8-5(11)6(15)4(2-14)18-8/h1,4-6,8,14-15H,2H2,(H,12,16,17)/t4-,5-,6-,8-/m0/s1. The molecule has 3 N–H and O–H groups in total. The zero-order valence-corrected chi connectivity index (χ0v) is 10.5. The molecule has 1 aliphatic heterocycles. The van der Waals surface area contributed by atoms with Gasteiger partial charge in [-0.05, 0) is 15.9 Å². The molecule has 0 unspecified atom stereocenters. The van der Waals surface area contributed by atoms with Gasteiger partial charge in [0.2, 0.25) is 0 Å². The first-order valence-corrected chi connectivity index (χ1v) is 5.84. The van der Waals surface area contributed by atoms with Gasteiger partial charge >= 0.3 is 5.69 Å². The summed E-state index contributed by atoms with van der Waals surface area (Å²) in [6.07, 6.45) is -4.83. The van der Waals surface area contributed by atoms with E-state index in [0.717, 1.165) is 10.8 Å². The van der Waals surface area contributed by atoms with Crippen molar-refractivity contribution in [3.63, 3.8) is 0 Å². The lowest BCUT2D eigenvalue weighted by molar-refractivity contribution is -0.0492. The zero-order chi connectivity index (χ0) is 13.4. The molecule has 1 aliphatic rings. The molecule has 7 nitrogen and oxygen atoms in total. The summed E-state index contributed by atoms with van der Waals surface area (Å²) in [5.41, 5.74) is -1.51. The Morgan fingerprint density at radius 1 is 1.56 bits per heavy atom. The Balaban J connectivity index is 2.42. The molecule has 2 rings (SSSR count). The van der Waals surface area contributed by atoms with Crippen LogP contribution in [0.5, 0.6) is 0 Å². The number of hydrogen-bond acceptors (Lipinski definition) is 5. The lowest BCUT2D eigenvalue weighted by Crippen LogP contribution is -2.36. The number of rotatable bonds is 2. The van der Waals surface area contributed by atoms with Crippen molar-refractivity contribution in [3.8, 4) is 0 Å². The first kappa shape index (κ1) is 13.4. The van der Waals surface area contributed by atoms with Gasteiger partial charge in [-0.25, -0.2) is 9.18 Å². The molecule has 0 spiro atoms. The predicted octanol–water partition coefficient (Wildman–Crippen LogP) is -1.11. The summed E-state index contributed by atoms with van der Waals surface area (Å²) in [5, 5.41) is 18.3. The molecule has 0 aliphatic carbocycles. The Kier molecular flexibility index (Phi) is 3.66. The monoisotopic (exact) mass is 324 g/mol. The number of halogens is 2. The Morgan fingerprint density at radius 2 is 2.22 bits per heavy atom. The first-order valence-electron chi connectivity index (χ1n) is 5.05. The fourth-order valence-corrected chi connectivity index (χ4v) is 2.05. The maximum absolute atomic E-state index is 13.8. The van der Waals surface area contributed by atoms with Crippen molar-refractivity contribution in [3.05, 3.63) is 31.5 Å². The summed E-state index contributed by atoms with van der Waals surface area (Å²) in [5.74, 6) is 0. The van der Waals surface area contributed by atoms with Gasteiger partial charge in [-0.3, -0.25) is 14.3 Å². The maximum Gasteiger partial charge on any atom is 0.330 e. The van der Waals surface area contributed by atoms with Crippen LogP contribution in [0.15, 0.2) is 20.3 Å². The van der Waals surface area contributed by atoms with Gasteiger partial charge in [0, 0.05) is 6.20 Å². The van der Waals surface area contributed by atoms with E-state index in [1.165, 1.54) is 0 Å². The summed E-state index contributed by atoms with van der Waals surface area (Å²) >= 11 is 2.90. The molecule has 1 aromatic rings. The number of ether oxygens (including phenoxy) is 1. The maximum atomic E-state index is 13.8. The highest BCUT2D eigenvalue weighted by atomic mass is 79.9. The van der Waals surface area contributed by atoms with Gasteiger partial charge in [-0.2, -0.15) is 0 Å². The van der Waals surface area contributed by atoms with Crippen molar-refractivity contribution >= 4 is 15.9 Å². The van der Waals surface area contributed by atoms with Crippen molar-refractivity contribution in [1.82, 2.24) is 9.55 Å². The van der Waals surface area contributed by atoms with Crippen molar-refractivity contribution in [2.45, 2.75) is 24.6 Å². The first-order chi connectivity index (χ1) is 8.45. The highest BCUT2D eigenvalue weighted by Crippen LogP contribution is 2.30. The van der Waals surface area contributed by atoms with Crippen LogP contribution in [0.2, 0.25) is 0 Å². The second kappa shape index (κ2) is 4.92. The lowest BCUT2D eigenvalue weighted by atomic mass is 10.1. The summed E-state index contributed by atoms with van der Waals surface area (Å²) in [6.45, 7) is -0.572. The van der Waals surface area contributed by atoms with E-state index in [2.05, 4.69) is 15.9 Å². The van der Waals surface area contributed by atoms with Gasteiger partial charge in [-0.15, -0.1) is 0 Å². The van der Waals surface area contributed by atoms with E-state index >= 15 is 0 Å². The van der Waals surface area contributed by atoms with Gasteiger partial charge in [0.15, 0.2) is 12.4 Å². The molecule has 1 aromatic heterocycles. The van der Waals surface area contributed by atoms with Crippen molar-refractivity contribution < 1.29 is 19.3 Å². The van der Waals surface area contributed by atoms with E-state index in [9.17, 15) is 19.1 Å². The molecule has 0 radical (unpaired) electrons. The second-order valence-corrected chi connectivity index (χ2v) is 4.68. The van der Waals surface area contributed by atoms with E-state index in [1.54, 1.807) is 0 Å². The Hall–Kier alpha value is -1.03. The topological polar surface area (TPSA) is 105 Å². The Bertz CT molecular complexity index is 559. The minimum absolute atomic E-state index is 0.0276. The quantitative estimate of drug-likeness (QED) is 0.639. The fraction of sp³-hybridized carbons (Fsp3) is 0.556. The van der Waals surface area contributed by atoms with Crippen molar-refractivity contribution in [1.29, 1.82) is 0 Å². The molecule has 1 fully saturated rings. The number of aromatic amines is 1. The number of H-pyrrole nitrogens is 1.